The van der Waals surface area contributed by atoms with Crippen LogP contribution < -0.4 is 4.74 Å². The van der Waals surface area contributed by atoms with E-state index in [0.29, 0.717) is 18.4 Å². The van der Waals surface area contributed by atoms with Gasteiger partial charge in [-0.25, -0.2) is 0 Å². The van der Waals surface area contributed by atoms with Crippen molar-refractivity contribution in [2.75, 3.05) is 6.54 Å². The second-order valence-electron chi connectivity index (χ2n) is 7.88. The van der Waals surface area contributed by atoms with Crippen molar-refractivity contribution in [3.05, 3.63) is 60.3 Å². The van der Waals surface area contributed by atoms with E-state index in [1.54, 1.807) is 0 Å². The number of fused-ring (bicyclic) bond motifs is 2. The van der Waals surface area contributed by atoms with Crippen LogP contribution in [0.3, 0.4) is 0 Å². The third-order valence-electron chi connectivity index (χ3n) is 6.18. The molecule has 1 amide bonds. The number of amides is 1. The summed E-state index contributed by atoms with van der Waals surface area (Å²) < 4.78 is 6.24. The number of ether oxygens (including phenoxy) is 1. The number of aromatic nitrogens is 1. The minimum atomic E-state index is 0.199. The highest BCUT2D eigenvalue weighted by Gasteiger charge is 2.36. The van der Waals surface area contributed by atoms with Gasteiger partial charge in [0.1, 0.15) is 11.9 Å². The number of aryl methyl sites for hydroxylation is 1. The molecule has 0 N–H and O–H groups in total. The van der Waals surface area contributed by atoms with Crippen LogP contribution in [0.25, 0.3) is 22.0 Å². The predicted molar refractivity (Wildman–Crippen MR) is 110 cm³/mol. The normalized spacial score (nSPS) is 21.8. The largest absolute Gasteiger partial charge is 0.490 e. The van der Waals surface area contributed by atoms with Crippen molar-refractivity contribution >= 4 is 16.8 Å². The summed E-state index contributed by atoms with van der Waals surface area (Å²) in [6.07, 6.45) is 5.59. The molecule has 2 unspecified atom stereocenters. The van der Waals surface area contributed by atoms with Crippen LogP contribution in [0.1, 0.15) is 31.2 Å². The number of benzene rings is 2. The molecule has 2 atom stereocenters. The van der Waals surface area contributed by atoms with Gasteiger partial charge in [0, 0.05) is 43.4 Å². The van der Waals surface area contributed by atoms with Gasteiger partial charge in [-0.3, -0.25) is 9.78 Å². The van der Waals surface area contributed by atoms with Gasteiger partial charge in [-0.2, -0.15) is 0 Å². The number of carbonyl (C=O) groups excluding carboxylic acids is 1. The number of carbonyl (C=O) groups is 1. The number of hydrogen-bond donors (Lipinski definition) is 0. The minimum Gasteiger partial charge on any atom is -0.490 e. The summed E-state index contributed by atoms with van der Waals surface area (Å²) in [4.78, 5) is 18.4. The molecule has 3 aromatic rings. The van der Waals surface area contributed by atoms with Gasteiger partial charge in [0.05, 0.1) is 5.52 Å². The van der Waals surface area contributed by atoms with Crippen molar-refractivity contribution in [1.29, 1.82) is 0 Å². The van der Waals surface area contributed by atoms with Crippen LogP contribution in [0, 0.1) is 6.92 Å². The first-order valence-corrected chi connectivity index (χ1v) is 10.1. The van der Waals surface area contributed by atoms with E-state index in [-0.39, 0.29) is 6.10 Å². The third-order valence-corrected chi connectivity index (χ3v) is 6.18. The zero-order chi connectivity index (χ0) is 19.1. The highest BCUT2D eigenvalue weighted by molar-refractivity contribution is 5.88. The van der Waals surface area contributed by atoms with Gasteiger partial charge in [-0.1, -0.05) is 30.3 Å². The van der Waals surface area contributed by atoms with Crippen LogP contribution in [0.2, 0.25) is 0 Å². The fraction of sp³-hybridized carbons (Fsp3) is 0.333. The molecular weight excluding hydrogens is 348 g/mol. The van der Waals surface area contributed by atoms with E-state index in [0.717, 1.165) is 37.1 Å². The molecule has 0 saturated carbocycles. The fourth-order valence-electron chi connectivity index (χ4n) is 4.67. The first-order valence-electron chi connectivity index (χ1n) is 10.1. The van der Waals surface area contributed by atoms with Gasteiger partial charge in [0.25, 0.3) is 0 Å². The fourth-order valence-corrected chi connectivity index (χ4v) is 4.67. The Bertz CT molecular complexity index is 1030. The topological polar surface area (TPSA) is 42.4 Å². The van der Waals surface area contributed by atoms with Crippen LogP contribution in [-0.4, -0.2) is 34.5 Å². The van der Waals surface area contributed by atoms with E-state index in [9.17, 15) is 4.79 Å². The minimum absolute atomic E-state index is 0.199. The van der Waals surface area contributed by atoms with Crippen LogP contribution in [0.15, 0.2) is 54.7 Å². The first-order chi connectivity index (χ1) is 13.7. The van der Waals surface area contributed by atoms with Gasteiger partial charge in [0.2, 0.25) is 5.91 Å². The van der Waals surface area contributed by atoms with Crippen molar-refractivity contribution in [1.82, 2.24) is 9.88 Å². The second-order valence-corrected chi connectivity index (χ2v) is 7.88. The summed E-state index contributed by atoms with van der Waals surface area (Å²) in [5, 5.41) is 1.17. The number of hydrogen-bond acceptors (Lipinski definition) is 3. The highest BCUT2D eigenvalue weighted by Crippen LogP contribution is 2.32. The number of rotatable bonds is 3. The average molecular weight is 372 g/mol. The summed E-state index contributed by atoms with van der Waals surface area (Å²) in [5.41, 5.74) is 4.63. The zero-order valence-electron chi connectivity index (χ0n) is 16.1. The first kappa shape index (κ1) is 17.2. The Labute approximate surface area is 165 Å². The molecule has 3 heterocycles. The summed E-state index contributed by atoms with van der Waals surface area (Å²) in [6, 6.07) is 17.1. The molecule has 2 aliphatic heterocycles. The van der Waals surface area contributed by atoms with Gasteiger partial charge < -0.3 is 9.64 Å². The molecule has 2 aliphatic rings. The predicted octanol–water partition coefficient (Wildman–Crippen LogP) is 4.74. The van der Waals surface area contributed by atoms with Crippen molar-refractivity contribution in [2.45, 2.75) is 44.8 Å². The molecule has 0 radical (unpaired) electrons. The quantitative estimate of drug-likeness (QED) is 0.667. The molecule has 5 rings (SSSR count). The monoisotopic (exact) mass is 372 g/mol. The van der Waals surface area contributed by atoms with Crippen LogP contribution in [0.5, 0.6) is 5.75 Å². The molecule has 2 saturated heterocycles. The molecule has 0 spiro atoms. The number of pyridine rings is 1. The van der Waals surface area contributed by atoms with Crippen molar-refractivity contribution in [3.8, 4) is 16.9 Å². The smallest absolute Gasteiger partial charge is 0.222 e. The Morgan fingerprint density at radius 3 is 2.79 bits per heavy atom. The Kier molecular flexibility index (Phi) is 4.27. The van der Waals surface area contributed by atoms with Gasteiger partial charge in [-0.05, 0) is 48.2 Å². The lowest BCUT2D eigenvalue weighted by molar-refractivity contribution is -0.130. The molecule has 4 nitrogen and oxygen atoms in total. The summed E-state index contributed by atoms with van der Waals surface area (Å²) in [7, 11) is 0. The van der Waals surface area contributed by atoms with Crippen LogP contribution in [-0.2, 0) is 4.79 Å². The van der Waals surface area contributed by atoms with E-state index in [4.69, 9.17) is 4.74 Å². The molecule has 2 fully saturated rings. The van der Waals surface area contributed by atoms with E-state index < -0.39 is 0 Å². The molecule has 142 valence electrons. The number of nitrogens with zero attached hydrogens (tertiary/aromatic N) is 2. The highest BCUT2D eigenvalue weighted by atomic mass is 16.5. The SMILES string of the molecule is Cc1c(-c2ccc(OC3CCN4C(=O)CCC4C3)cc2)ccc2cccnc12. The van der Waals surface area contributed by atoms with Crippen molar-refractivity contribution in [3.63, 3.8) is 0 Å². The maximum atomic E-state index is 11.8. The zero-order valence-corrected chi connectivity index (χ0v) is 16.1. The molecule has 2 aromatic carbocycles. The Morgan fingerprint density at radius 1 is 1.07 bits per heavy atom. The van der Waals surface area contributed by atoms with Crippen molar-refractivity contribution < 1.29 is 9.53 Å². The van der Waals surface area contributed by atoms with Crippen LogP contribution in [0.4, 0.5) is 0 Å². The molecule has 0 bridgehead atoms. The Balaban J connectivity index is 1.32. The molecule has 28 heavy (non-hydrogen) atoms. The van der Waals surface area contributed by atoms with Crippen molar-refractivity contribution in [2.24, 2.45) is 0 Å². The van der Waals surface area contributed by atoms with E-state index in [1.807, 2.05) is 17.2 Å². The third kappa shape index (κ3) is 3.03. The second kappa shape index (κ2) is 6.93. The van der Waals surface area contributed by atoms with Gasteiger partial charge in [-0.15, -0.1) is 0 Å². The Morgan fingerprint density at radius 2 is 1.93 bits per heavy atom. The van der Waals surface area contributed by atoms with Gasteiger partial charge >= 0.3 is 0 Å². The van der Waals surface area contributed by atoms with Gasteiger partial charge in [0.15, 0.2) is 0 Å². The maximum absolute atomic E-state index is 11.8. The number of piperidine rings is 1. The van der Waals surface area contributed by atoms with Crippen LogP contribution >= 0.6 is 0 Å². The molecule has 0 aliphatic carbocycles. The summed E-state index contributed by atoms with van der Waals surface area (Å²) in [5.74, 6) is 1.22. The standard InChI is InChI=1S/C24H24N2O2/c1-16-22(10-6-18-3-2-13-25-24(16)18)17-4-8-20(9-5-17)28-21-12-14-26-19(15-21)7-11-23(26)27/h2-6,8-10,13,19,21H,7,11-12,14-15H2,1H3. The summed E-state index contributed by atoms with van der Waals surface area (Å²) in [6.45, 7) is 2.96. The van der Waals surface area contributed by atoms with E-state index >= 15 is 0 Å². The molecule has 4 heteroatoms. The average Bonchev–Trinajstić information content (AvgIpc) is 3.09. The van der Waals surface area contributed by atoms with E-state index in [2.05, 4.69) is 54.4 Å². The molecular formula is C24H24N2O2. The lowest BCUT2D eigenvalue weighted by Crippen LogP contribution is -2.43. The Hall–Kier alpha value is -2.88. The lowest BCUT2D eigenvalue weighted by Gasteiger charge is -2.35. The van der Waals surface area contributed by atoms with E-state index in [1.165, 1.54) is 22.1 Å². The summed E-state index contributed by atoms with van der Waals surface area (Å²) >= 11 is 0. The molecule has 1 aromatic heterocycles. The maximum Gasteiger partial charge on any atom is 0.222 e. The lowest BCUT2D eigenvalue weighted by atomic mass is 9.97.